The second kappa shape index (κ2) is 4.18. The summed E-state index contributed by atoms with van der Waals surface area (Å²) in [4.78, 5) is 10.5. The number of fused-ring (bicyclic) bond motifs is 1. The molecule has 0 aliphatic heterocycles. The molecule has 0 atom stereocenters. The van der Waals surface area contributed by atoms with Gasteiger partial charge in [-0.1, -0.05) is 17.7 Å². The van der Waals surface area contributed by atoms with Crippen LogP contribution < -0.4 is 0 Å². The first-order valence-corrected chi connectivity index (χ1v) is 5.41. The van der Waals surface area contributed by atoms with E-state index in [-0.39, 0.29) is 6.42 Å². The van der Waals surface area contributed by atoms with Crippen LogP contribution in [-0.4, -0.2) is 15.6 Å². The zero-order valence-electron chi connectivity index (χ0n) is 8.90. The minimum absolute atomic E-state index is 0.149. The highest BCUT2D eigenvalue weighted by Crippen LogP contribution is 2.26. The third-order valence-corrected chi connectivity index (χ3v) is 2.93. The van der Waals surface area contributed by atoms with E-state index in [9.17, 15) is 4.79 Å². The van der Waals surface area contributed by atoms with E-state index in [2.05, 4.69) is 0 Å². The number of carbonyl (C=O) groups is 1. The maximum absolute atomic E-state index is 10.5. The van der Waals surface area contributed by atoms with E-state index in [1.54, 1.807) is 0 Å². The van der Waals surface area contributed by atoms with Gasteiger partial charge in [0.2, 0.25) is 0 Å². The van der Waals surface area contributed by atoms with Crippen LogP contribution in [0.1, 0.15) is 12.0 Å². The lowest BCUT2D eigenvalue weighted by Crippen LogP contribution is -1.97. The molecular weight excluding hydrogens is 226 g/mol. The molecule has 1 heterocycles. The number of halogens is 1. The number of hydrogen-bond donors (Lipinski definition) is 1. The Balaban J connectivity index is 2.36. The molecule has 0 saturated carbocycles. The van der Waals surface area contributed by atoms with Crippen molar-refractivity contribution in [2.75, 3.05) is 0 Å². The molecule has 0 fully saturated rings. The highest BCUT2D eigenvalue weighted by Gasteiger charge is 2.06. The molecule has 0 aliphatic carbocycles. The maximum Gasteiger partial charge on any atom is 0.303 e. The van der Waals surface area contributed by atoms with E-state index in [1.807, 2.05) is 36.0 Å². The van der Waals surface area contributed by atoms with Gasteiger partial charge >= 0.3 is 5.97 Å². The molecule has 84 valence electrons. The zero-order chi connectivity index (χ0) is 11.7. The molecule has 4 heteroatoms. The number of aliphatic carboxylic acids is 1. The van der Waals surface area contributed by atoms with Gasteiger partial charge in [-0.3, -0.25) is 4.79 Å². The number of carboxylic acids is 1. The molecule has 0 spiro atoms. The summed E-state index contributed by atoms with van der Waals surface area (Å²) in [6.45, 7) is 0. The third-order valence-electron chi connectivity index (χ3n) is 2.63. The fourth-order valence-electron chi connectivity index (χ4n) is 1.80. The molecule has 3 nitrogen and oxygen atoms in total. The van der Waals surface area contributed by atoms with Crippen LogP contribution in [0.2, 0.25) is 5.02 Å². The highest BCUT2D eigenvalue weighted by atomic mass is 35.5. The first kappa shape index (κ1) is 11.0. The molecule has 1 aromatic heterocycles. The van der Waals surface area contributed by atoms with Gasteiger partial charge in [-0.15, -0.1) is 0 Å². The predicted molar refractivity (Wildman–Crippen MR) is 63.9 cm³/mol. The number of nitrogens with zero attached hydrogens (tertiary/aromatic N) is 1. The number of carboxylic acid groups (broad SMARTS) is 1. The van der Waals surface area contributed by atoms with Gasteiger partial charge in [0.25, 0.3) is 0 Å². The Labute approximate surface area is 98.3 Å². The van der Waals surface area contributed by atoms with Crippen molar-refractivity contribution in [2.45, 2.75) is 12.8 Å². The Bertz CT molecular complexity index is 545. The fourth-order valence-corrected chi connectivity index (χ4v) is 2.10. The van der Waals surface area contributed by atoms with Gasteiger partial charge in [-0.25, -0.2) is 0 Å². The second-order valence-corrected chi connectivity index (χ2v) is 4.24. The molecule has 0 radical (unpaired) electrons. The molecule has 2 aromatic rings. The normalized spacial score (nSPS) is 10.9. The maximum atomic E-state index is 10.5. The number of hydrogen-bond acceptors (Lipinski definition) is 1. The van der Waals surface area contributed by atoms with Gasteiger partial charge in [-0.05, 0) is 24.1 Å². The summed E-state index contributed by atoms with van der Waals surface area (Å²) < 4.78 is 1.96. The summed E-state index contributed by atoms with van der Waals surface area (Å²) in [5.41, 5.74) is 2.06. The van der Waals surface area contributed by atoms with Gasteiger partial charge in [0.1, 0.15) is 0 Å². The number of rotatable bonds is 3. The molecule has 0 bridgehead atoms. The van der Waals surface area contributed by atoms with Gasteiger partial charge in [-0.2, -0.15) is 0 Å². The first-order chi connectivity index (χ1) is 7.58. The molecule has 0 unspecified atom stereocenters. The molecule has 0 amide bonds. The van der Waals surface area contributed by atoms with Crippen molar-refractivity contribution in [3.8, 4) is 0 Å². The lowest BCUT2D eigenvalue weighted by Gasteiger charge is -2.00. The average molecular weight is 238 g/mol. The Morgan fingerprint density at radius 2 is 2.25 bits per heavy atom. The lowest BCUT2D eigenvalue weighted by molar-refractivity contribution is -0.136. The molecule has 2 rings (SSSR count). The Hall–Kier alpha value is -1.48. The van der Waals surface area contributed by atoms with Gasteiger partial charge in [0.05, 0.1) is 5.02 Å². The van der Waals surface area contributed by atoms with Gasteiger partial charge in [0.15, 0.2) is 0 Å². The topological polar surface area (TPSA) is 42.2 Å². The number of benzene rings is 1. The lowest BCUT2D eigenvalue weighted by atomic mass is 10.1. The highest BCUT2D eigenvalue weighted by molar-refractivity contribution is 6.35. The van der Waals surface area contributed by atoms with Crippen molar-refractivity contribution in [2.24, 2.45) is 7.05 Å². The van der Waals surface area contributed by atoms with E-state index in [0.29, 0.717) is 11.4 Å². The van der Waals surface area contributed by atoms with E-state index in [0.717, 1.165) is 16.5 Å². The van der Waals surface area contributed by atoms with E-state index in [4.69, 9.17) is 16.7 Å². The molecule has 0 aliphatic rings. The summed E-state index contributed by atoms with van der Waals surface area (Å²) in [5, 5.41) is 10.3. The largest absolute Gasteiger partial charge is 0.481 e. The Kier molecular flexibility index (Phi) is 2.88. The smallest absolute Gasteiger partial charge is 0.303 e. The van der Waals surface area contributed by atoms with Crippen LogP contribution in [0, 0.1) is 0 Å². The van der Waals surface area contributed by atoms with Crippen LogP contribution in [-0.2, 0) is 18.3 Å². The van der Waals surface area contributed by atoms with E-state index in [1.165, 1.54) is 0 Å². The second-order valence-electron chi connectivity index (χ2n) is 3.83. The van der Waals surface area contributed by atoms with Gasteiger partial charge < -0.3 is 9.67 Å². The minimum atomic E-state index is -0.778. The monoisotopic (exact) mass is 237 g/mol. The van der Waals surface area contributed by atoms with Crippen molar-refractivity contribution in [1.29, 1.82) is 0 Å². The summed E-state index contributed by atoms with van der Waals surface area (Å²) in [6, 6.07) is 5.88. The minimum Gasteiger partial charge on any atom is -0.481 e. The molecule has 1 N–H and O–H groups in total. The Morgan fingerprint density at radius 1 is 1.50 bits per heavy atom. The van der Waals surface area contributed by atoms with Crippen molar-refractivity contribution in [3.63, 3.8) is 0 Å². The fraction of sp³-hybridized carbons (Fsp3) is 0.250. The third kappa shape index (κ3) is 2.04. The summed E-state index contributed by atoms with van der Waals surface area (Å²) >= 11 is 6.08. The summed E-state index contributed by atoms with van der Waals surface area (Å²) in [5.74, 6) is -0.778. The summed E-state index contributed by atoms with van der Waals surface area (Å²) in [7, 11) is 1.94. The van der Waals surface area contributed by atoms with Crippen molar-refractivity contribution < 1.29 is 9.90 Å². The van der Waals surface area contributed by atoms with Crippen LogP contribution in [0.5, 0.6) is 0 Å². The van der Waals surface area contributed by atoms with Crippen molar-refractivity contribution in [3.05, 3.63) is 35.0 Å². The molecule has 16 heavy (non-hydrogen) atoms. The van der Waals surface area contributed by atoms with Crippen molar-refractivity contribution >= 4 is 28.5 Å². The summed E-state index contributed by atoms with van der Waals surface area (Å²) in [6.07, 6.45) is 2.54. The molecule has 1 aromatic carbocycles. The number of aryl methyl sites for hydroxylation is 2. The van der Waals surface area contributed by atoms with Crippen LogP contribution in [0.3, 0.4) is 0 Å². The average Bonchev–Trinajstić information content (AvgIpc) is 2.52. The van der Waals surface area contributed by atoms with E-state index >= 15 is 0 Å². The zero-order valence-corrected chi connectivity index (χ0v) is 9.66. The van der Waals surface area contributed by atoms with Gasteiger partial charge in [0, 0.05) is 30.6 Å². The first-order valence-electron chi connectivity index (χ1n) is 5.03. The molecular formula is C12H12ClNO2. The van der Waals surface area contributed by atoms with Crippen molar-refractivity contribution in [1.82, 2.24) is 4.57 Å². The van der Waals surface area contributed by atoms with Crippen LogP contribution in [0.25, 0.3) is 10.9 Å². The van der Waals surface area contributed by atoms with Crippen LogP contribution in [0.4, 0.5) is 0 Å². The predicted octanol–water partition coefficient (Wildman–Crippen LogP) is 2.85. The SMILES string of the molecule is Cn1cc(Cl)c2cc(CCC(=O)O)ccc21. The molecule has 0 saturated heterocycles. The van der Waals surface area contributed by atoms with Crippen LogP contribution >= 0.6 is 11.6 Å². The van der Waals surface area contributed by atoms with Crippen LogP contribution in [0.15, 0.2) is 24.4 Å². The van der Waals surface area contributed by atoms with E-state index < -0.39 is 5.97 Å². The standard InChI is InChI=1S/C12H12ClNO2/c1-14-7-10(13)9-6-8(2-4-11(9)14)3-5-12(15)16/h2,4,6-7H,3,5H2,1H3,(H,15,16). The Morgan fingerprint density at radius 3 is 2.94 bits per heavy atom. The quantitative estimate of drug-likeness (QED) is 0.892. The number of aromatic nitrogens is 1.